The second kappa shape index (κ2) is 23.1. The highest BCUT2D eigenvalue weighted by atomic mass is 16.4. The molecule has 0 saturated carbocycles. The lowest BCUT2D eigenvalue weighted by Crippen LogP contribution is -2.20. The zero-order chi connectivity index (χ0) is 22.3. The average Bonchev–Trinajstić information content (AvgIpc) is 2.73. The highest BCUT2D eigenvalue weighted by Gasteiger charge is 2.22. The van der Waals surface area contributed by atoms with Crippen LogP contribution in [0.25, 0.3) is 0 Å². The predicted octanol–water partition coefficient (Wildman–Crippen LogP) is 8.36. The van der Waals surface area contributed by atoms with Crippen LogP contribution in [0.5, 0.6) is 0 Å². The van der Waals surface area contributed by atoms with Crippen LogP contribution in [0.4, 0.5) is 0 Å². The Morgan fingerprint density at radius 3 is 1.60 bits per heavy atom. The van der Waals surface area contributed by atoms with E-state index in [1.54, 1.807) is 0 Å². The molecule has 3 heteroatoms. The highest BCUT2D eigenvalue weighted by Crippen LogP contribution is 2.27. The van der Waals surface area contributed by atoms with Crippen LogP contribution >= 0.6 is 0 Å². The van der Waals surface area contributed by atoms with Gasteiger partial charge in [0.1, 0.15) is 0 Å². The number of unbranched alkanes of at least 4 members (excludes halogenated alkanes) is 11. The monoisotopic (exact) mass is 425 g/mol. The van der Waals surface area contributed by atoms with Crippen LogP contribution < -0.4 is 5.32 Å². The molecule has 0 heterocycles. The van der Waals surface area contributed by atoms with Gasteiger partial charge in [0.2, 0.25) is 0 Å². The minimum absolute atomic E-state index is 0.138. The van der Waals surface area contributed by atoms with Crippen molar-refractivity contribution in [3.63, 3.8) is 0 Å². The third kappa shape index (κ3) is 19.4. The van der Waals surface area contributed by atoms with Crippen LogP contribution in [0, 0.1) is 11.8 Å². The lowest BCUT2D eigenvalue weighted by Gasteiger charge is -2.21. The van der Waals surface area contributed by atoms with Crippen molar-refractivity contribution in [1.82, 2.24) is 5.32 Å². The van der Waals surface area contributed by atoms with Crippen LogP contribution in [0.15, 0.2) is 0 Å². The molecule has 0 rings (SSSR count). The van der Waals surface area contributed by atoms with E-state index in [1.165, 1.54) is 96.3 Å². The summed E-state index contributed by atoms with van der Waals surface area (Å²) in [6, 6.07) is 0. The number of carboxylic acid groups (broad SMARTS) is 1. The average molecular weight is 426 g/mol. The molecular formula is C27H55NO2. The molecule has 1 atom stereocenters. The van der Waals surface area contributed by atoms with Gasteiger partial charge in [-0.2, -0.15) is 0 Å². The lowest BCUT2D eigenvalue weighted by atomic mass is 9.84. The van der Waals surface area contributed by atoms with Gasteiger partial charge in [-0.15, -0.1) is 0 Å². The smallest absolute Gasteiger partial charge is 0.306 e. The Labute approximate surface area is 189 Å². The maximum atomic E-state index is 11.8. The minimum atomic E-state index is -0.568. The first-order chi connectivity index (χ1) is 14.7. The van der Waals surface area contributed by atoms with Gasteiger partial charge in [0, 0.05) is 0 Å². The maximum Gasteiger partial charge on any atom is 0.306 e. The van der Waals surface area contributed by atoms with Crippen molar-refractivity contribution in [2.24, 2.45) is 11.8 Å². The molecule has 0 aliphatic carbocycles. The van der Waals surface area contributed by atoms with E-state index >= 15 is 0 Å². The molecule has 1 unspecified atom stereocenters. The van der Waals surface area contributed by atoms with Crippen LogP contribution in [0.3, 0.4) is 0 Å². The Bertz CT molecular complexity index is 349. The Balaban J connectivity index is 3.93. The molecule has 0 aliphatic rings. The molecule has 0 fully saturated rings. The molecule has 0 radical (unpaired) electrons. The summed E-state index contributed by atoms with van der Waals surface area (Å²) in [6.45, 7) is 8.91. The first-order valence-electron chi connectivity index (χ1n) is 13.6. The van der Waals surface area contributed by atoms with Crippen LogP contribution in [0.2, 0.25) is 0 Å². The first-order valence-corrected chi connectivity index (χ1v) is 13.6. The highest BCUT2D eigenvalue weighted by molar-refractivity contribution is 5.69. The number of hydrogen-bond donors (Lipinski definition) is 2. The van der Waals surface area contributed by atoms with Crippen molar-refractivity contribution >= 4 is 5.97 Å². The third-order valence-corrected chi connectivity index (χ3v) is 6.51. The summed E-state index contributed by atoms with van der Waals surface area (Å²) in [5.74, 6) is -0.0944. The van der Waals surface area contributed by atoms with E-state index in [9.17, 15) is 9.90 Å². The van der Waals surface area contributed by atoms with Gasteiger partial charge >= 0.3 is 5.97 Å². The SMILES string of the molecule is CCCCCCCCCNCCCCC(CC(CCCCC)CCCCC)C(=O)O. The Morgan fingerprint density at radius 2 is 1.07 bits per heavy atom. The van der Waals surface area contributed by atoms with Crippen LogP contribution in [0.1, 0.15) is 143 Å². The molecule has 0 saturated heterocycles. The molecule has 0 amide bonds. The molecule has 0 aliphatic heterocycles. The van der Waals surface area contributed by atoms with Gasteiger partial charge in [-0.05, 0) is 44.7 Å². The van der Waals surface area contributed by atoms with E-state index in [0.29, 0.717) is 5.92 Å². The molecule has 0 aromatic heterocycles. The number of hydrogen-bond acceptors (Lipinski definition) is 2. The standard InChI is InChI=1S/C27H55NO2/c1-4-7-10-11-12-13-17-22-28-23-18-16-21-26(27(29)30)24-25(19-14-8-5-2)20-15-9-6-3/h25-26,28H,4-24H2,1-3H3,(H,29,30). The second-order valence-electron chi connectivity index (χ2n) is 9.50. The minimum Gasteiger partial charge on any atom is -0.481 e. The zero-order valence-electron chi connectivity index (χ0n) is 20.9. The van der Waals surface area contributed by atoms with Crippen molar-refractivity contribution in [2.75, 3.05) is 13.1 Å². The van der Waals surface area contributed by atoms with E-state index < -0.39 is 5.97 Å². The molecule has 0 bridgehead atoms. The number of rotatable bonds is 24. The number of carboxylic acids is 1. The molecule has 30 heavy (non-hydrogen) atoms. The van der Waals surface area contributed by atoms with Crippen LogP contribution in [-0.2, 0) is 4.79 Å². The third-order valence-electron chi connectivity index (χ3n) is 6.51. The molecule has 3 nitrogen and oxygen atoms in total. The summed E-state index contributed by atoms with van der Waals surface area (Å²) < 4.78 is 0. The summed E-state index contributed by atoms with van der Waals surface area (Å²) in [5.41, 5.74) is 0. The quantitative estimate of drug-likeness (QED) is 0.153. The summed E-state index contributed by atoms with van der Waals surface area (Å²) in [6.07, 6.45) is 23.4. The van der Waals surface area contributed by atoms with Crippen molar-refractivity contribution < 1.29 is 9.90 Å². The van der Waals surface area contributed by atoms with Crippen molar-refractivity contribution in [2.45, 2.75) is 143 Å². The Hall–Kier alpha value is -0.570. The summed E-state index contributed by atoms with van der Waals surface area (Å²) in [4.78, 5) is 11.8. The fourth-order valence-corrected chi connectivity index (χ4v) is 4.46. The number of nitrogens with one attached hydrogen (secondary N) is 1. The fraction of sp³-hybridized carbons (Fsp3) is 0.963. The Morgan fingerprint density at radius 1 is 0.633 bits per heavy atom. The van der Waals surface area contributed by atoms with E-state index in [2.05, 4.69) is 26.1 Å². The topological polar surface area (TPSA) is 49.3 Å². The van der Waals surface area contributed by atoms with Crippen molar-refractivity contribution in [1.29, 1.82) is 0 Å². The van der Waals surface area contributed by atoms with Gasteiger partial charge in [-0.1, -0.05) is 117 Å². The van der Waals surface area contributed by atoms with Gasteiger partial charge in [-0.3, -0.25) is 4.79 Å². The molecule has 0 spiro atoms. The molecule has 0 aromatic carbocycles. The predicted molar refractivity (Wildman–Crippen MR) is 132 cm³/mol. The first kappa shape index (κ1) is 29.4. The van der Waals surface area contributed by atoms with Crippen molar-refractivity contribution in [3.8, 4) is 0 Å². The molecule has 0 aromatic rings. The summed E-state index contributed by atoms with van der Waals surface area (Å²) in [5, 5.41) is 13.3. The molecule has 180 valence electrons. The van der Waals surface area contributed by atoms with E-state index in [-0.39, 0.29) is 5.92 Å². The molecule has 2 N–H and O–H groups in total. The largest absolute Gasteiger partial charge is 0.481 e. The van der Waals surface area contributed by atoms with E-state index in [0.717, 1.165) is 38.8 Å². The zero-order valence-corrected chi connectivity index (χ0v) is 20.9. The second-order valence-corrected chi connectivity index (χ2v) is 9.50. The van der Waals surface area contributed by atoms with Crippen molar-refractivity contribution in [3.05, 3.63) is 0 Å². The van der Waals surface area contributed by atoms with E-state index in [4.69, 9.17) is 0 Å². The Kier molecular flexibility index (Phi) is 22.7. The van der Waals surface area contributed by atoms with Crippen LogP contribution in [-0.4, -0.2) is 24.2 Å². The van der Waals surface area contributed by atoms with Gasteiger partial charge in [0.05, 0.1) is 5.92 Å². The van der Waals surface area contributed by atoms with E-state index in [1.807, 2.05) is 0 Å². The van der Waals surface area contributed by atoms with Gasteiger partial charge < -0.3 is 10.4 Å². The van der Waals surface area contributed by atoms with Gasteiger partial charge in [0.15, 0.2) is 0 Å². The fourth-order valence-electron chi connectivity index (χ4n) is 4.46. The maximum absolute atomic E-state index is 11.8. The van der Waals surface area contributed by atoms with Gasteiger partial charge in [0.25, 0.3) is 0 Å². The summed E-state index contributed by atoms with van der Waals surface area (Å²) >= 11 is 0. The summed E-state index contributed by atoms with van der Waals surface area (Å²) in [7, 11) is 0. The number of aliphatic carboxylic acids is 1. The van der Waals surface area contributed by atoms with Gasteiger partial charge in [-0.25, -0.2) is 0 Å². The lowest BCUT2D eigenvalue weighted by molar-refractivity contribution is -0.142. The number of carbonyl (C=O) groups is 1. The normalized spacial score (nSPS) is 12.5. The molecular weight excluding hydrogens is 370 g/mol.